The first-order chi connectivity index (χ1) is 9.35. The van der Waals surface area contributed by atoms with Gasteiger partial charge >= 0.3 is 0 Å². The summed E-state index contributed by atoms with van der Waals surface area (Å²) in [6.07, 6.45) is 1.16. The van der Waals surface area contributed by atoms with Crippen LogP contribution in [0.4, 0.5) is 5.69 Å². The Balaban J connectivity index is 1.96. The van der Waals surface area contributed by atoms with Gasteiger partial charge in [-0.05, 0) is 30.7 Å². The highest BCUT2D eigenvalue weighted by Crippen LogP contribution is 2.20. The summed E-state index contributed by atoms with van der Waals surface area (Å²) in [4.78, 5) is 2.23. The number of nitrogens with zero attached hydrogens (tertiary/aromatic N) is 1. The van der Waals surface area contributed by atoms with E-state index in [2.05, 4.69) is 41.4 Å². The Kier molecular flexibility index (Phi) is 5.63. The van der Waals surface area contributed by atoms with Crippen molar-refractivity contribution < 1.29 is 9.84 Å². The van der Waals surface area contributed by atoms with E-state index in [9.17, 15) is 5.11 Å². The molecule has 2 N–H and O–H groups in total. The first-order valence-electron chi connectivity index (χ1n) is 7.10. The molecular weight excluding hydrogens is 240 g/mol. The highest BCUT2D eigenvalue weighted by Gasteiger charge is 2.22. The molecule has 1 aliphatic rings. The maximum atomic E-state index is 9.39. The van der Waals surface area contributed by atoms with Crippen molar-refractivity contribution in [2.75, 3.05) is 37.8 Å². The summed E-state index contributed by atoms with van der Waals surface area (Å²) in [5.74, 6) is 0. The van der Waals surface area contributed by atoms with Gasteiger partial charge in [-0.25, -0.2) is 0 Å². The van der Waals surface area contributed by atoms with Crippen LogP contribution in [-0.2, 0) is 11.3 Å². The van der Waals surface area contributed by atoms with Gasteiger partial charge in [-0.2, -0.15) is 0 Å². The first kappa shape index (κ1) is 14.3. The van der Waals surface area contributed by atoms with Crippen LogP contribution in [0.15, 0.2) is 24.3 Å². The molecule has 0 aliphatic carbocycles. The van der Waals surface area contributed by atoms with Crippen molar-refractivity contribution in [1.82, 2.24) is 5.32 Å². The highest BCUT2D eigenvalue weighted by atomic mass is 16.5. The second-order valence-electron chi connectivity index (χ2n) is 4.95. The van der Waals surface area contributed by atoms with Crippen LogP contribution >= 0.6 is 0 Å². The SMILES string of the molecule is CCCNCc1ccc(N2CCOCC2CO)cc1. The number of aliphatic hydroxyl groups is 1. The van der Waals surface area contributed by atoms with Crippen molar-refractivity contribution in [3.8, 4) is 0 Å². The lowest BCUT2D eigenvalue weighted by atomic mass is 10.1. The average Bonchev–Trinajstić information content (AvgIpc) is 2.48. The zero-order valence-corrected chi connectivity index (χ0v) is 11.6. The van der Waals surface area contributed by atoms with Gasteiger partial charge in [0.1, 0.15) is 0 Å². The number of benzene rings is 1. The number of morpholine rings is 1. The predicted octanol–water partition coefficient (Wildman–Crippen LogP) is 1.38. The quantitative estimate of drug-likeness (QED) is 0.762. The van der Waals surface area contributed by atoms with E-state index in [-0.39, 0.29) is 12.6 Å². The van der Waals surface area contributed by atoms with E-state index >= 15 is 0 Å². The molecule has 1 aliphatic heterocycles. The zero-order chi connectivity index (χ0) is 13.5. The minimum absolute atomic E-state index is 0.0813. The number of ether oxygens (including phenoxy) is 1. The number of hydrogen-bond acceptors (Lipinski definition) is 4. The minimum Gasteiger partial charge on any atom is -0.394 e. The van der Waals surface area contributed by atoms with E-state index in [0.29, 0.717) is 6.61 Å². The molecule has 1 heterocycles. The number of aliphatic hydroxyl groups excluding tert-OH is 1. The van der Waals surface area contributed by atoms with E-state index in [0.717, 1.165) is 32.7 Å². The maximum absolute atomic E-state index is 9.39. The maximum Gasteiger partial charge on any atom is 0.0755 e. The third-order valence-electron chi connectivity index (χ3n) is 3.46. The summed E-state index contributed by atoms with van der Waals surface area (Å²) in [7, 11) is 0. The van der Waals surface area contributed by atoms with Gasteiger partial charge in [0.2, 0.25) is 0 Å². The van der Waals surface area contributed by atoms with Gasteiger partial charge in [0, 0.05) is 18.8 Å². The topological polar surface area (TPSA) is 44.7 Å². The van der Waals surface area contributed by atoms with Crippen LogP contribution < -0.4 is 10.2 Å². The molecule has 1 saturated heterocycles. The molecule has 0 saturated carbocycles. The number of nitrogens with one attached hydrogen (secondary N) is 1. The van der Waals surface area contributed by atoms with Crippen LogP contribution in [0, 0.1) is 0 Å². The summed E-state index contributed by atoms with van der Waals surface area (Å²) < 4.78 is 5.40. The summed E-state index contributed by atoms with van der Waals surface area (Å²) in [5.41, 5.74) is 2.47. The van der Waals surface area contributed by atoms with Gasteiger partial charge in [0.25, 0.3) is 0 Å². The monoisotopic (exact) mass is 264 g/mol. The molecule has 4 nitrogen and oxygen atoms in total. The molecule has 0 spiro atoms. The largest absolute Gasteiger partial charge is 0.394 e. The lowest BCUT2D eigenvalue weighted by Gasteiger charge is -2.36. The lowest BCUT2D eigenvalue weighted by Crippen LogP contribution is -2.47. The molecule has 0 amide bonds. The Morgan fingerprint density at radius 1 is 1.37 bits per heavy atom. The van der Waals surface area contributed by atoms with Gasteiger partial charge in [0.05, 0.1) is 25.9 Å². The van der Waals surface area contributed by atoms with Gasteiger partial charge in [-0.1, -0.05) is 19.1 Å². The van der Waals surface area contributed by atoms with Crippen molar-refractivity contribution in [1.29, 1.82) is 0 Å². The summed E-state index contributed by atoms with van der Waals surface area (Å²) in [5, 5.41) is 12.8. The fraction of sp³-hybridized carbons (Fsp3) is 0.600. The van der Waals surface area contributed by atoms with E-state index in [1.807, 2.05) is 0 Å². The molecule has 1 atom stereocenters. The molecule has 0 radical (unpaired) electrons. The molecule has 1 aromatic rings. The Hall–Kier alpha value is -1.10. The van der Waals surface area contributed by atoms with Crippen molar-refractivity contribution in [2.45, 2.75) is 25.9 Å². The van der Waals surface area contributed by atoms with Gasteiger partial charge < -0.3 is 20.1 Å². The molecular formula is C15H24N2O2. The van der Waals surface area contributed by atoms with E-state index in [1.54, 1.807) is 0 Å². The van der Waals surface area contributed by atoms with Gasteiger partial charge in [0.15, 0.2) is 0 Å². The average molecular weight is 264 g/mol. The molecule has 2 rings (SSSR count). The van der Waals surface area contributed by atoms with Crippen molar-refractivity contribution in [2.24, 2.45) is 0 Å². The molecule has 0 bridgehead atoms. The Labute approximate surface area is 115 Å². The third-order valence-corrected chi connectivity index (χ3v) is 3.46. The van der Waals surface area contributed by atoms with Crippen LogP contribution in [0.1, 0.15) is 18.9 Å². The van der Waals surface area contributed by atoms with Crippen molar-refractivity contribution >= 4 is 5.69 Å². The fourth-order valence-corrected chi connectivity index (χ4v) is 2.36. The third kappa shape index (κ3) is 3.93. The first-order valence-corrected chi connectivity index (χ1v) is 7.10. The normalized spacial score (nSPS) is 19.7. The number of hydrogen-bond donors (Lipinski definition) is 2. The predicted molar refractivity (Wildman–Crippen MR) is 77.5 cm³/mol. The number of rotatable bonds is 6. The van der Waals surface area contributed by atoms with Crippen LogP contribution in [0.25, 0.3) is 0 Å². The van der Waals surface area contributed by atoms with Crippen LogP contribution in [0.3, 0.4) is 0 Å². The highest BCUT2D eigenvalue weighted by molar-refractivity contribution is 5.49. The standard InChI is InChI=1S/C15H24N2O2/c1-2-7-16-10-13-3-5-14(6-4-13)17-8-9-19-12-15(17)11-18/h3-6,15-16,18H,2,7-12H2,1H3. The molecule has 1 fully saturated rings. The van der Waals surface area contributed by atoms with Crippen LogP contribution in [0.5, 0.6) is 0 Å². The Bertz CT molecular complexity index is 367. The van der Waals surface area contributed by atoms with E-state index in [1.165, 1.54) is 11.3 Å². The minimum atomic E-state index is 0.0813. The Morgan fingerprint density at radius 2 is 2.16 bits per heavy atom. The molecule has 1 aromatic carbocycles. The second-order valence-corrected chi connectivity index (χ2v) is 4.95. The van der Waals surface area contributed by atoms with Crippen molar-refractivity contribution in [3.05, 3.63) is 29.8 Å². The van der Waals surface area contributed by atoms with Crippen LogP contribution in [-0.4, -0.2) is 44.1 Å². The number of anilines is 1. The van der Waals surface area contributed by atoms with Crippen LogP contribution in [0.2, 0.25) is 0 Å². The molecule has 1 unspecified atom stereocenters. The van der Waals surface area contributed by atoms with Crippen molar-refractivity contribution in [3.63, 3.8) is 0 Å². The molecule has 19 heavy (non-hydrogen) atoms. The summed E-state index contributed by atoms with van der Waals surface area (Å²) in [6.45, 7) is 6.47. The summed E-state index contributed by atoms with van der Waals surface area (Å²) >= 11 is 0. The zero-order valence-electron chi connectivity index (χ0n) is 11.6. The van der Waals surface area contributed by atoms with E-state index < -0.39 is 0 Å². The Morgan fingerprint density at radius 3 is 2.84 bits per heavy atom. The second kappa shape index (κ2) is 7.48. The lowest BCUT2D eigenvalue weighted by molar-refractivity contribution is 0.0727. The molecule has 4 heteroatoms. The van der Waals surface area contributed by atoms with E-state index in [4.69, 9.17) is 4.74 Å². The van der Waals surface area contributed by atoms with Gasteiger partial charge in [-0.3, -0.25) is 0 Å². The molecule has 106 valence electrons. The van der Waals surface area contributed by atoms with Gasteiger partial charge in [-0.15, -0.1) is 0 Å². The fourth-order valence-electron chi connectivity index (χ4n) is 2.36. The smallest absolute Gasteiger partial charge is 0.0755 e. The summed E-state index contributed by atoms with van der Waals surface area (Å²) in [6, 6.07) is 8.66. The molecule has 0 aromatic heterocycles.